The lowest BCUT2D eigenvalue weighted by atomic mass is 10.1. The summed E-state index contributed by atoms with van der Waals surface area (Å²) < 4.78 is 12.6. The summed E-state index contributed by atoms with van der Waals surface area (Å²) in [5.74, 6) is 0.705. The van der Waals surface area contributed by atoms with Crippen LogP contribution in [0.5, 0.6) is 5.75 Å². The Morgan fingerprint density at radius 3 is 2.55 bits per heavy atom. The molecule has 0 aliphatic rings. The summed E-state index contributed by atoms with van der Waals surface area (Å²) in [5.41, 5.74) is 1.56. The van der Waals surface area contributed by atoms with Crippen molar-refractivity contribution in [2.24, 2.45) is 7.05 Å². The average Bonchev–Trinajstić information content (AvgIpc) is 2.75. The zero-order valence-electron chi connectivity index (χ0n) is 16.6. The van der Waals surface area contributed by atoms with Crippen molar-refractivity contribution in [2.75, 3.05) is 6.61 Å². The van der Waals surface area contributed by atoms with Crippen LogP contribution in [0.25, 0.3) is 0 Å². The number of carbonyl (C=O) groups excluding carboxylic acids is 1. The smallest absolute Gasteiger partial charge is 0.345 e. The van der Waals surface area contributed by atoms with Crippen molar-refractivity contribution in [1.29, 1.82) is 0 Å². The van der Waals surface area contributed by atoms with Gasteiger partial charge in [0.05, 0.1) is 6.61 Å². The van der Waals surface area contributed by atoms with Gasteiger partial charge in [-0.25, -0.2) is 9.78 Å². The third-order valence-corrected chi connectivity index (χ3v) is 4.62. The highest BCUT2D eigenvalue weighted by Crippen LogP contribution is 2.20. The van der Waals surface area contributed by atoms with Crippen molar-refractivity contribution >= 4 is 5.97 Å². The van der Waals surface area contributed by atoms with E-state index >= 15 is 0 Å². The predicted octanol–water partition coefficient (Wildman–Crippen LogP) is 3.32. The van der Waals surface area contributed by atoms with Crippen molar-refractivity contribution in [3.63, 3.8) is 0 Å². The van der Waals surface area contributed by atoms with Gasteiger partial charge in [0.1, 0.15) is 23.7 Å². The minimum Gasteiger partial charge on any atom is -0.489 e. The second-order valence-corrected chi connectivity index (χ2v) is 6.57. The normalized spacial score (nSPS) is 10.6. The first-order valence-corrected chi connectivity index (χ1v) is 9.56. The number of hydrogen-bond acceptors (Lipinski definition) is 5. The second kappa shape index (κ2) is 9.68. The van der Waals surface area contributed by atoms with E-state index < -0.39 is 11.5 Å². The van der Waals surface area contributed by atoms with Gasteiger partial charge >= 0.3 is 5.97 Å². The van der Waals surface area contributed by atoms with Gasteiger partial charge in [-0.3, -0.25) is 9.36 Å². The van der Waals surface area contributed by atoms with E-state index in [4.69, 9.17) is 9.47 Å². The maximum Gasteiger partial charge on any atom is 0.345 e. The third kappa shape index (κ3) is 5.10. The summed E-state index contributed by atoms with van der Waals surface area (Å²) in [5, 5.41) is 0. The van der Waals surface area contributed by atoms with Gasteiger partial charge in [0.15, 0.2) is 0 Å². The molecule has 0 aliphatic heterocycles. The molecule has 3 rings (SSSR count). The Hall–Kier alpha value is -3.41. The van der Waals surface area contributed by atoms with Gasteiger partial charge in [-0.2, -0.15) is 0 Å². The van der Waals surface area contributed by atoms with Crippen LogP contribution in [0.15, 0.2) is 65.6 Å². The van der Waals surface area contributed by atoms with Crippen LogP contribution in [0.1, 0.15) is 34.2 Å². The molecule has 0 aliphatic carbocycles. The SMILES string of the molecule is CCc1ncc(C(=O)OCCc2ccccc2OCc2ccccc2)c(=O)n1C. The Morgan fingerprint density at radius 1 is 1.07 bits per heavy atom. The van der Waals surface area contributed by atoms with E-state index in [0.29, 0.717) is 25.3 Å². The fourth-order valence-electron chi connectivity index (χ4n) is 2.97. The predicted molar refractivity (Wildman–Crippen MR) is 110 cm³/mol. The Balaban J connectivity index is 1.60. The zero-order valence-corrected chi connectivity index (χ0v) is 16.6. The summed E-state index contributed by atoms with van der Waals surface area (Å²) in [6.07, 6.45) is 2.39. The molecule has 0 unspecified atom stereocenters. The van der Waals surface area contributed by atoms with Gasteiger partial charge in [0.2, 0.25) is 0 Å². The molecule has 0 saturated heterocycles. The number of nitrogens with zero attached hydrogens (tertiary/aromatic N) is 2. The molecule has 0 atom stereocenters. The maximum atomic E-state index is 12.3. The maximum absolute atomic E-state index is 12.3. The van der Waals surface area contributed by atoms with Crippen LogP contribution in [-0.2, 0) is 31.2 Å². The second-order valence-electron chi connectivity index (χ2n) is 6.57. The molecule has 6 heteroatoms. The Bertz CT molecular complexity index is 1030. The van der Waals surface area contributed by atoms with Gasteiger partial charge in [0, 0.05) is 26.1 Å². The van der Waals surface area contributed by atoms with Gasteiger partial charge in [-0.05, 0) is 17.2 Å². The minimum absolute atomic E-state index is 0.0571. The molecule has 3 aromatic rings. The fourth-order valence-corrected chi connectivity index (χ4v) is 2.97. The van der Waals surface area contributed by atoms with Crippen LogP contribution >= 0.6 is 0 Å². The van der Waals surface area contributed by atoms with E-state index in [0.717, 1.165) is 16.9 Å². The standard InChI is InChI=1S/C23H24N2O4/c1-3-21-24-15-19(22(26)25(21)2)23(27)28-14-13-18-11-7-8-12-20(18)29-16-17-9-5-4-6-10-17/h4-12,15H,3,13-14,16H2,1-2H3. The van der Waals surface area contributed by atoms with Crippen molar-refractivity contribution in [2.45, 2.75) is 26.4 Å². The summed E-state index contributed by atoms with van der Waals surface area (Å²) in [7, 11) is 1.60. The largest absolute Gasteiger partial charge is 0.489 e. The van der Waals surface area contributed by atoms with Crippen LogP contribution in [0.4, 0.5) is 0 Å². The molecule has 0 amide bonds. The van der Waals surface area contributed by atoms with E-state index in [1.807, 2.05) is 61.5 Å². The molecule has 6 nitrogen and oxygen atoms in total. The first-order chi connectivity index (χ1) is 14.1. The van der Waals surface area contributed by atoms with Crippen molar-refractivity contribution in [3.8, 4) is 5.75 Å². The van der Waals surface area contributed by atoms with E-state index in [-0.39, 0.29) is 12.2 Å². The molecule has 0 spiro atoms. The number of rotatable bonds is 8. The molecule has 0 N–H and O–H groups in total. The lowest BCUT2D eigenvalue weighted by molar-refractivity contribution is 0.0505. The first kappa shape index (κ1) is 20.3. The first-order valence-electron chi connectivity index (χ1n) is 9.56. The van der Waals surface area contributed by atoms with Gasteiger partial charge in [-0.1, -0.05) is 55.5 Å². The topological polar surface area (TPSA) is 70.4 Å². The van der Waals surface area contributed by atoms with Gasteiger partial charge < -0.3 is 9.47 Å². The third-order valence-electron chi connectivity index (χ3n) is 4.62. The van der Waals surface area contributed by atoms with Gasteiger partial charge in [-0.15, -0.1) is 0 Å². The zero-order chi connectivity index (χ0) is 20.6. The summed E-state index contributed by atoms with van der Waals surface area (Å²) in [4.78, 5) is 28.7. The number of esters is 1. The molecular weight excluding hydrogens is 368 g/mol. The minimum atomic E-state index is -0.663. The summed E-state index contributed by atoms with van der Waals surface area (Å²) >= 11 is 0. The Morgan fingerprint density at radius 2 is 1.79 bits per heavy atom. The Kier molecular flexibility index (Phi) is 6.79. The molecule has 1 heterocycles. The molecular formula is C23H24N2O4. The molecule has 150 valence electrons. The van der Waals surface area contributed by atoms with Crippen molar-refractivity contribution in [1.82, 2.24) is 9.55 Å². The lowest BCUT2D eigenvalue weighted by Gasteiger charge is -2.12. The van der Waals surface area contributed by atoms with Crippen LogP contribution in [0.2, 0.25) is 0 Å². The highest BCUT2D eigenvalue weighted by atomic mass is 16.5. The molecule has 29 heavy (non-hydrogen) atoms. The van der Waals surface area contributed by atoms with E-state index in [1.165, 1.54) is 10.8 Å². The number of para-hydroxylation sites is 1. The van der Waals surface area contributed by atoms with Crippen LogP contribution in [0.3, 0.4) is 0 Å². The average molecular weight is 392 g/mol. The van der Waals surface area contributed by atoms with Crippen molar-refractivity contribution < 1.29 is 14.3 Å². The molecule has 0 radical (unpaired) electrons. The number of benzene rings is 2. The number of hydrogen-bond donors (Lipinski definition) is 0. The van der Waals surface area contributed by atoms with E-state index in [1.54, 1.807) is 7.05 Å². The fraction of sp³-hybridized carbons (Fsp3) is 0.261. The molecule has 0 saturated carbocycles. The number of aryl methyl sites for hydroxylation is 1. The van der Waals surface area contributed by atoms with Crippen LogP contribution in [-0.4, -0.2) is 22.1 Å². The highest BCUT2D eigenvalue weighted by molar-refractivity contribution is 5.88. The number of carbonyl (C=O) groups is 1. The quantitative estimate of drug-likeness (QED) is 0.550. The monoisotopic (exact) mass is 392 g/mol. The van der Waals surface area contributed by atoms with Crippen molar-refractivity contribution in [3.05, 3.63) is 93.7 Å². The number of aromatic nitrogens is 2. The lowest BCUT2D eigenvalue weighted by Crippen LogP contribution is -2.28. The Labute approximate surface area is 169 Å². The van der Waals surface area contributed by atoms with Crippen LogP contribution < -0.4 is 10.3 Å². The van der Waals surface area contributed by atoms with Crippen LogP contribution in [0, 0.1) is 0 Å². The highest BCUT2D eigenvalue weighted by Gasteiger charge is 2.15. The molecule has 2 aromatic carbocycles. The van der Waals surface area contributed by atoms with Gasteiger partial charge in [0.25, 0.3) is 5.56 Å². The number of ether oxygens (including phenoxy) is 2. The molecule has 1 aromatic heterocycles. The summed E-state index contributed by atoms with van der Waals surface area (Å²) in [6.45, 7) is 2.50. The molecule has 0 fully saturated rings. The molecule has 0 bridgehead atoms. The van der Waals surface area contributed by atoms with E-state index in [2.05, 4.69) is 4.98 Å². The summed E-state index contributed by atoms with van der Waals surface area (Å²) in [6, 6.07) is 17.5. The van der Waals surface area contributed by atoms with E-state index in [9.17, 15) is 9.59 Å².